The van der Waals surface area contributed by atoms with Crippen molar-refractivity contribution < 1.29 is 13.2 Å². The molecule has 3 rings (SSSR count). The van der Waals surface area contributed by atoms with E-state index in [0.29, 0.717) is 42.8 Å². The summed E-state index contributed by atoms with van der Waals surface area (Å²) in [6, 6.07) is 5.16. The van der Waals surface area contributed by atoms with E-state index in [0.717, 1.165) is 17.7 Å². The number of hydrogen-bond donors (Lipinski definition) is 0. The maximum absolute atomic E-state index is 12.9. The highest BCUT2D eigenvalue weighted by Gasteiger charge is 2.33. The number of carbonyl (C=O) groups excluding carboxylic acids is 1. The molecule has 1 amide bonds. The smallest absolute Gasteiger partial charge is 0.243 e. The minimum Gasteiger partial charge on any atom is -0.312 e. The number of nitrogens with zero attached hydrogens (tertiary/aromatic N) is 2. The van der Waals surface area contributed by atoms with Gasteiger partial charge in [-0.1, -0.05) is 13.8 Å². The van der Waals surface area contributed by atoms with E-state index in [9.17, 15) is 13.2 Å². The van der Waals surface area contributed by atoms with Crippen LogP contribution in [0.1, 0.15) is 32.8 Å². The molecule has 0 saturated carbocycles. The van der Waals surface area contributed by atoms with Crippen LogP contribution in [0.3, 0.4) is 0 Å². The molecule has 0 aromatic heterocycles. The van der Waals surface area contributed by atoms with Gasteiger partial charge in [0.2, 0.25) is 15.9 Å². The van der Waals surface area contributed by atoms with Gasteiger partial charge < -0.3 is 4.90 Å². The second kappa shape index (κ2) is 5.91. The molecule has 0 bridgehead atoms. The molecule has 1 aromatic carbocycles. The molecular weight excluding hydrogens is 312 g/mol. The van der Waals surface area contributed by atoms with Crippen molar-refractivity contribution in [1.82, 2.24) is 4.31 Å². The van der Waals surface area contributed by atoms with Crippen LogP contribution in [-0.2, 0) is 21.2 Å². The highest BCUT2D eigenvalue weighted by atomic mass is 32.2. The fourth-order valence-electron chi connectivity index (χ4n) is 3.82. The Bertz CT molecular complexity index is 719. The van der Waals surface area contributed by atoms with E-state index < -0.39 is 10.0 Å². The predicted molar refractivity (Wildman–Crippen MR) is 89.9 cm³/mol. The Kier molecular flexibility index (Phi) is 4.23. The number of sulfonamides is 1. The zero-order valence-corrected chi connectivity index (χ0v) is 14.8. The highest BCUT2D eigenvalue weighted by molar-refractivity contribution is 7.89. The van der Waals surface area contributed by atoms with Crippen LogP contribution in [0, 0.1) is 11.8 Å². The third kappa shape index (κ3) is 3.02. The Morgan fingerprint density at radius 2 is 1.83 bits per heavy atom. The molecule has 126 valence electrons. The second-order valence-electron chi connectivity index (χ2n) is 6.98. The van der Waals surface area contributed by atoms with E-state index >= 15 is 0 Å². The van der Waals surface area contributed by atoms with Crippen LogP contribution in [0.15, 0.2) is 23.1 Å². The number of hydrogen-bond acceptors (Lipinski definition) is 3. The highest BCUT2D eigenvalue weighted by Crippen LogP contribution is 2.32. The van der Waals surface area contributed by atoms with Crippen molar-refractivity contribution >= 4 is 21.6 Å². The molecule has 2 aliphatic rings. The summed E-state index contributed by atoms with van der Waals surface area (Å²) in [5, 5.41) is 0. The first-order valence-corrected chi connectivity index (χ1v) is 9.64. The summed E-state index contributed by atoms with van der Waals surface area (Å²) in [7, 11) is -3.46. The Balaban J connectivity index is 1.91. The summed E-state index contributed by atoms with van der Waals surface area (Å²) >= 11 is 0. The Hall–Kier alpha value is -1.40. The molecule has 23 heavy (non-hydrogen) atoms. The van der Waals surface area contributed by atoms with E-state index in [1.54, 1.807) is 27.4 Å². The fourth-order valence-corrected chi connectivity index (χ4v) is 5.55. The SMILES string of the molecule is CC(=O)N1CCc2cc(S(=O)(=O)N3C[C@H](C)C[C@H](C)C3)ccc21. The largest absolute Gasteiger partial charge is 0.312 e. The van der Waals surface area contributed by atoms with Gasteiger partial charge in [-0.05, 0) is 48.4 Å². The standard InChI is InChI=1S/C17H24N2O3S/c1-12-8-13(2)11-18(10-12)23(21,22)16-4-5-17-15(9-16)6-7-19(17)14(3)20/h4-5,9,12-13H,6-8,10-11H2,1-3H3/t12-,13+. The first-order valence-electron chi connectivity index (χ1n) is 8.20. The maximum atomic E-state index is 12.9. The van der Waals surface area contributed by atoms with Crippen molar-refractivity contribution in [3.05, 3.63) is 23.8 Å². The van der Waals surface area contributed by atoms with Gasteiger partial charge in [0.05, 0.1) is 4.90 Å². The third-order valence-electron chi connectivity index (χ3n) is 4.80. The fraction of sp³-hybridized carbons (Fsp3) is 0.588. The van der Waals surface area contributed by atoms with E-state index in [2.05, 4.69) is 13.8 Å². The number of piperidine rings is 1. The molecule has 0 N–H and O–H groups in total. The summed E-state index contributed by atoms with van der Waals surface area (Å²) in [4.78, 5) is 13.7. The molecule has 1 aromatic rings. The first kappa shape index (κ1) is 16.5. The molecule has 0 radical (unpaired) electrons. The molecule has 1 fully saturated rings. The van der Waals surface area contributed by atoms with Gasteiger partial charge in [0.1, 0.15) is 0 Å². The quantitative estimate of drug-likeness (QED) is 0.832. The van der Waals surface area contributed by atoms with E-state index in [-0.39, 0.29) is 5.91 Å². The summed E-state index contributed by atoms with van der Waals surface area (Å²) < 4.78 is 27.5. The zero-order chi connectivity index (χ0) is 16.8. The average molecular weight is 336 g/mol. The van der Waals surface area contributed by atoms with Gasteiger partial charge in [-0.3, -0.25) is 4.79 Å². The minimum atomic E-state index is -3.46. The Morgan fingerprint density at radius 3 is 2.43 bits per heavy atom. The van der Waals surface area contributed by atoms with Crippen LogP contribution in [0.2, 0.25) is 0 Å². The lowest BCUT2D eigenvalue weighted by molar-refractivity contribution is -0.116. The van der Waals surface area contributed by atoms with Crippen LogP contribution in [-0.4, -0.2) is 38.3 Å². The Labute approximate surface area is 138 Å². The number of fused-ring (bicyclic) bond motifs is 1. The van der Waals surface area contributed by atoms with Crippen LogP contribution >= 0.6 is 0 Å². The lowest BCUT2D eigenvalue weighted by atomic mass is 9.94. The number of carbonyl (C=O) groups is 1. The van der Waals surface area contributed by atoms with Crippen molar-refractivity contribution in [2.45, 2.75) is 38.5 Å². The third-order valence-corrected chi connectivity index (χ3v) is 6.63. The molecule has 0 aliphatic carbocycles. The van der Waals surface area contributed by atoms with E-state index in [4.69, 9.17) is 0 Å². The van der Waals surface area contributed by atoms with Crippen molar-refractivity contribution in [3.63, 3.8) is 0 Å². The number of rotatable bonds is 2. The molecule has 2 heterocycles. The van der Waals surface area contributed by atoms with Crippen molar-refractivity contribution in [2.75, 3.05) is 24.5 Å². The van der Waals surface area contributed by atoms with Gasteiger partial charge >= 0.3 is 0 Å². The van der Waals surface area contributed by atoms with E-state index in [1.165, 1.54) is 6.92 Å². The number of anilines is 1. The zero-order valence-electron chi connectivity index (χ0n) is 13.9. The summed E-state index contributed by atoms with van der Waals surface area (Å²) in [6.07, 6.45) is 1.79. The van der Waals surface area contributed by atoms with Gasteiger partial charge in [-0.25, -0.2) is 8.42 Å². The summed E-state index contributed by atoms with van der Waals surface area (Å²) in [6.45, 7) is 7.55. The van der Waals surface area contributed by atoms with Crippen molar-refractivity contribution in [2.24, 2.45) is 11.8 Å². The first-order chi connectivity index (χ1) is 10.8. The average Bonchev–Trinajstić information content (AvgIpc) is 2.89. The van der Waals surface area contributed by atoms with Crippen molar-refractivity contribution in [3.8, 4) is 0 Å². The molecule has 6 heteroatoms. The normalized spacial score (nSPS) is 25.4. The molecule has 0 spiro atoms. The van der Waals surface area contributed by atoms with Gasteiger partial charge in [0.25, 0.3) is 0 Å². The molecule has 2 aliphatic heterocycles. The maximum Gasteiger partial charge on any atom is 0.243 e. The Morgan fingerprint density at radius 1 is 1.17 bits per heavy atom. The lowest BCUT2D eigenvalue weighted by Crippen LogP contribution is -2.42. The molecule has 0 unspecified atom stereocenters. The van der Waals surface area contributed by atoms with Gasteiger partial charge in [0, 0.05) is 32.2 Å². The predicted octanol–water partition coefficient (Wildman–Crippen LogP) is 2.26. The molecule has 1 saturated heterocycles. The summed E-state index contributed by atoms with van der Waals surface area (Å²) in [5.41, 5.74) is 1.79. The van der Waals surface area contributed by atoms with E-state index in [1.807, 2.05) is 0 Å². The van der Waals surface area contributed by atoms with Crippen molar-refractivity contribution in [1.29, 1.82) is 0 Å². The van der Waals surface area contributed by atoms with Crippen LogP contribution in [0.25, 0.3) is 0 Å². The van der Waals surface area contributed by atoms with Crippen LogP contribution in [0.4, 0.5) is 5.69 Å². The van der Waals surface area contributed by atoms with Crippen LogP contribution < -0.4 is 4.90 Å². The topological polar surface area (TPSA) is 57.7 Å². The van der Waals surface area contributed by atoms with Gasteiger partial charge in [-0.2, -0.15) is 4.31 Å². The lowest BCUT2D eigenvalue weighted by Gasteiger charge is -2.34. The molecule has 2 atom stereocenters. The van der Waals surface area contributed by atoms with Gasteiger partial charge in [0.15, 0.2) is 0 Å². The number of amides is 1. The van der Waals surface area contributed by atoms with Crippen LogP contribution in [0.5, 0.6) is 0 Å². The second-order valence-corrected chi connectivity index (χ2v) is 8.92. The monoisotopic (exact) mass is 336 g/mol. The summed E-state index contributed by atoms with van der Waals surface area (Å²) in [5.74, 6) is 0.769. The van der Waals surface area contributed by atoms with Gasteiger partial charge in [-0.15, -0.1) is 0 Å². The molecular formula is C17H24N2O3S. The molecule has 5 nitrogen and oxygen atoms in total. The number of benzene rings is 1. The minimum absolute atomic E-state index is 0.00182.